The molecule has 1 saturated carbocycles. The first-order chi connectivity index (χ1) is 8.76. The van der Waals surface area contributed by atoms with Gasteiger partial charge in [-0.15, -0.1) is 0 Å². The van der Waals surface area contributed by atoms with E-state index in [1.807, 2.05) is 0 Å². The van der Waals surface area contributed by atoms with Gasteiger partial charge in [0.2, 0.25) is 15.9 Å². The van der Waals surface area contributed by atoms with Crippen molar-refractivity contribution in [1.29, 1.82) is 0 Å². The standard InChI is InChI=1S/C10H20N4O4S/c1-14(2)19(17,18)7-6-12-9(15)10(4-3-5-10)8(11)13-16/h16H,3-7H2,1-2H3,(H2,11,13)(H,12,15). The van der Waals surface area contributed by atoms with Crippen molar-refractivity contribution in [1.82, 2.24) is 9.62 Å². The van der Waals surface area contributed by atoms with Gasteiger partial charge in [-0.2, -0.15) is 0 Å². The van der Waals surface area contributed by atoms with Crippen LogP contribution in [0.5, 0.6) is 0 Å². The number of amidine groups is 1. The Kier molecular flexibility index (Phi) is 4.75. The van der Waals surface area contributed by atoms with Gasteiger partial charge in [-0.05, 0) is 12.8 Å². The molecule has 1 rings (SSSR count). The molecule has 0 radical (unpaired) electrons. The normalized spacial score (nSPS) is 19.0. The predicted octanol–water partition coefficient (Wildman–Crippen LogP) is -1.09. The molecular weight excluding hydrogens is 272 g/mol. The predicted molar refractivity (Wildman–Crippen MR) is 70.2 cm³/mol. The van der Waals surface area contributed by atoms with Crippen molar-refractivity contribution in [2.45, 2.75) is 19.3 Å². The Labute approximate surface area is 112 Å². The van der Waals surface area contributed by atoms with Gasteiger partial charge in [0.25, 0.3) is 0 Å². The third-order valence-electron chi connectivity index (χ3n) is 3.44. The molecule has 0 bridgehead atoms. The quantitative estimate of drug-likeness (QED) is 0.248. The molecule has 0 unspecified atom stereocenters. The van der Waals surface area contributed by atoms with Crippen LogP contribution in [0.4, 0.5) is 0 Å². The molecule has 0 spiro atoms. The van der Waals surface area contributed by atoms with Crippen molar-refractivity contribution in [2.75, 3.05) is 26.4 Å². The molecule has 8 nitrogen and oxygen atoms in total. The maximum absolute atomic E-state index is 12.0. The van der Waals surface area contributed by atoms with Crippen molar-refractivity contribution >= 4 is 21.8 Å². The van der Waals surface area contributed by atoms with Crippen LogP contribution in [-0.2, 0) is 14.8 Å². The molecule has 1 fully saturated rings. The lowest BCUT2D eigenvalue weighted by Crippen LogP contribution is -2.54. The number of nitrogens with one attached hydrogen (secondary N) is 1. The van der Waals surface area contributed by atoms with E-state index in [-0.39, 0.29) is 24.0 Å². The number of hydrogen-bond acceptors (Lipinski definition) is 5. The monoisotopic (exact) mass is 292 g/mol. The Bertz CT molecular complexity index is 468. The van der Waals surface area contributed by atoms with Gasteiger partial charge in [0.05, 0.1) is 5.75 Å². The molecule has 1 amide bonds. The van der Waals surface area contributed by atoms with E-state index in [2.05, 4.69) is 10.5 Å². The number of carbonyl (C=O) groups excluding carboxylic acids is 1. The second kappa shape index (κ2) is 5.74. The molecule has 4 N–H and O–H groups in total. The molecule has 19 heavy (non-hydrogen) atoms. The molecule has 0 aliphatic heterocycles. The average Bonchev–Trinajstić information content (AvgIpc) is 2.26. The van der Waals surface area contributed by atoms with Crippen LogP contribution in [0.2, 0.25) is 0 Å². The van der Waals surface area contributed by atoms with E-state index in [9.17, 15) is 13.2 Å². The Morgan fingerprint density at radius 1 is 1.47 bits per heavy atom. The minimum absolute atomic E-state index is 0.000193. The van der Waals surface area contributed by atoms with Crippen LogP contribution in [0, 0.1) is 5.41 Å². The van der Waals surface area contributed by atoms with Crippen molar-refractivity contribution in [3.8, 4) is 0 Å². The van der Waals surface area contributed by atoms with Gasteiger partial charge in [0.15, 0.2) is 5.84 Å². The summed E-state index contributed by atoms with van der Waals surface area (Å²) >= 11 is 0. The maximum Gasteiger partial charge on any atom is 0.233 e. The summed E-state index contributed by atoms with van der Waals surface area (Å²) in [6.45, 7) is -0.000193. The van der Waals surface area contributed by atoms with E-state index in [1.165, 1.54) is 14.1 Å². The largest absolute Gasteiger partial charge is 0.409 e. The molecule has 0 aromatic carbocycles. The fourth-order valence-electron chi connectivity index (χ4n) is 1.87. The lowest BCUT2D eigenvalue weighted by atomic mass is 9.67. The first kappa shape index (κ1) is 15.7. The van der Waals surface area contributed by atoms with Crippen molar-refractivity contribution in [2.24, 2.45) is 16.3 Å². The van der Waals surface area contributed by atoms with Crippen molar-refractivity contribution < 1.29 is 18.4 Å². The van der Waals surface area contributed by atoms with Crippen LogP contribution in [0.1, 0.15) is 19.3 Å². The highest BCUT2D eigenvalue weighted by Crippen LogP contribution is 2.41. The highest BCUT2D eigenvalue weighted by molar-refractivity contribution is 7.89. The lowest BCUT2D eigenvalue weighted by molar-refractivity contribution is -0.130. The summed E-state index contributed by atoms with van der Waals surface area (Å²) in [5, 5.41) is 14.1. The summed E-state index contributed by atoms with van der Waals surface area (Å²) in [6, 6.07) is 0. The Morgan fingerprint density at radius 2 is 2.05 bits per heavy atom. The molecule has 9 heteroatoms. The van der Waals surface area contributed by atoms with E-state index in [4.69, 9.17) is 10.9 Å². The van der Waals surface area contributed by atoms with Crippen LogP contribution in [0.3, 0.4) is 0 Å². The average molecular weight is 292 g/mol. The van der Waals surface area contributed by atoms with Crippen molar-refractivity contribution in [3.05, 3.63) is 0 Å². The molecule has 0 atom stereocenters. The van der Waals surface area contributed by atoms with E-state index in [0.717, 1.165) is 10.7 Å². The van der Waals surface area contributed by atoms with Crippen LogP contribution in [0.15, 0.2) is 5.16 Å². The summed E-state index contributed by atoms with van der Waals surface area (Å²) in [5.41, 5.74) is 4.56. The van der Waals surface area contributed by atoms with Crippen LogP contribution >= 0.6 is 0 Å². The van der Waals surface area contributed by atoms with E-state index in [1.54, 1.807) is 0 Å². The van der Waals surface area contributed by atoms with Gasteiger partial charge in [0, 0.05) is 20.6 Å². The zero-order valence-corrected chi connectivity index (χ0v) is 11.9. The molecule has 1 aliphatic carbocycles. The molecule has 0 aromatic rings. The lowest BCUT2D eigenvalue weighted by Gasteiger charge is -2.38. The van der Waals surface area contributed by atoms with Gasteiger partial charge < -0.3 is 16.3 Å². The van der Waals surface area contributed by atoms with Crippen LogP contribution in [0.25, 0.3) is 0 Å². The van der Waals surface area contributed by atoms with Gasteiger partial charge in [0.1, 0.15) is 5.41 Å². The van der Waals surface area contributed by atoms with Crippen LogP contribution in [-0.4, -0.2) is 56.1 Å². The fourth-order valence-corrected chi connectivity index (χ4v) is 2.60. The van der Waals surface area contributed by atoms with Crippen LogP contribution < -0.4 is 11.1 Å². The Morgan fingerprint density at radius 3 is 2.42 bits per heavy atom. The first-order valence-corrected chi connectivity index (χ1v) is 7.54. The van der Waals surface area contributed by atoms with E-state index >= 15 is 0 Å². The molecule has 0 aromatic heterocycles. The highest BCUT2D eigenvalue weighted by atomic mass is 32.2. The number of sulfonamides is 1. The smallest absolute Gasteiger partial charge is 0.233 e. The maximum atomic E-state index is 12.0. The minimum atomic E-state index is -3.35. The number of rotatable bonds is 6. The first-order valence-electron chi connectivity index (χ1n) is 5.93. The number of amides is 1. The zero-order chi connectivity index (χ0) is 14.7. The number of oxime groups is 1. The second-order valence-corrected chi connectivity index (χ2v) is 7.08. The topological polar surface area (TPSA) is 125 Å². The summed E-state index contributed by atoms with van der Waals surface area (Å²) in [6.07, 6.45) is 1.84. The molecular formula is C10H20N4O4S. The Balaban J connectivity index is 2.57. The summed E-state index contributed by atoms with van der Waals surface area (Å²) in [7, 11) is -0.483. The summed E-state index contributed by atoms with van der Waals surface area (Å²) in [5.74, 6) is -0.687. The Hall–Kier alpha value is -1.35. The molecule has 110 valence electrons. The third-order valence-corrected chi connectivity index (χ3v) is 5.27. The number of hydrogen-bond donors (Lipinski definition) is 3. The highest BCUT2D eigenvalue weighted by Gasteiger charge is 2.48. The summed E-state index contributed by atoms with van der Waals surface area (Å²) in [4.78, 5) is 12.0. The SMILES string of the molecule is CN(C)S(=O)(=O)CCNC(=O)C1(C(N)=NO)CCC1. The molecule has 1 aliphatic rings. The number of nitrogens with zero attached hydrogens (tertiary/aromatic N) is 2. The minimum Gasteiger partial charge on any atom is -0.409 e. The van der Waals surface area contributed by atoms with Crippen molar-refractivity contribution in [3.63, 3.8) is 0 Å². The zero-order valence-electron chi connectivity index (χ0n) is 11.1. The van der Waals surface area contributed by atoms with Gasteiger partial charge in [-0.3, -0.25) is 4.79 Å². The fraction of sp³-hybridized carbons (Fsp3) is 0.800. The number of nitrogens with two attached hydrogens (primary N) is 1. The van der Waals surface area contributed by atoms with Gasteiger partial charge in [-0.1, -0.05) is 11.6 Å². The number of carbonyl (C=O) groups is 1. The molecule has 0 heterocycles. The second-order valence-electron chi connectivity index (χ2n) is 4.78. The third kappa shape index (κ3) is 3.16. The van der Waals surface area contributed by atoms with Gasteiger partial charge in [-0.25, -0.2) is 12.7 Å². The summed E-state index contributed by atoms with van der Waals surface area (Å²) < 4.78 is 24.1. The van der Waals surface area contributed by atoms with E-state index < -0.39 is 15.4 Å². The van der Waals surface area contributed by atoms with Gasteiger partial charge >= 0.3 is 0 Å². The molecule has 0 saturated heterocycles. The van der Waals surface area contributed by atoms with E-state index in [0.29, 0.717) is 12.8 Å².